The van der Waals surface area contributed by atoms with Crippen molar-refractivity contribution in [3.8, 4) is 5.69 Å². The highest BCUT2D eigenvalue weighted by atomic mass is 16.5. The van der Waals surface area contributed by atoms with E-state index in [-0.39, 0.29) is 11.6 Å². The highest BCUT2D eigenvalue weighted by Crippen LogP contribution is 2.44. The molecule has 3 aromatic rings. The maximum Gasteiger partial charge on any atom is 0.323 e. The Balaban J connectivity index is 1.27. The fourth-order valence-corrected chi connectivity index (χ4v) is 4.93. The molecule has 0 saturated carbocycles. The van der Waals surface area contributed by atoms with E-state index in [0.717, 1.165) is 24.2 Å². The number of likely N-dealkylation sites (tertiary alicyclic amines) is 1. The summed E-state index contributed by atoms with van der Waals surface area (Å²) in [6, 6.07) is 16.6. The fraction of sp³-hybridized carbons (Fsp3) is 0.360. The van der Waals surface area contributed by atoms with Crippen molar-refractivity contribution in [2.24, 2.45) is 0 Å². The van der Waals surface area contributed by atoms with E-state index in [1.807, 2.05) is 22.6 Å². The molecule has 2 aromatic carbocycles. The van der Waals surface area contributed by atoms with E-state index < -0.39 is 0 Å². The summed E-state index contributed by atoms with van der Waals surface area (Å²) < 4.78 is 8.09. The lowest BCUT2D eigenvalue weighted by Gasteiger charge is -2.39. The molecule has 3 heterocycles. The first-order chi connectivity index (χ1) is 14.9. The Labute approximate surface area is 182 Å². The topological polar surface area (TPSA) is 59.4 Å². The van der Waals surface area contributed by atoms with Gasteiger partial charge in [0.1, 0.15) is 0 Å². The van der Waals surface area contributed by atoms with Gasteiger partial charge < -0.3 is 9.64 Å². The van der Waals surface area contributed by atoms with E-state index in [2.05, 4.69) is 66.7 Å². The fourth-order valence-electron chi connectivity index (χ4n) is 4.93. The molecule has 1 saturated heterocycles. The molecule has 31 heavy (non-hydrogen) atoms. The lowest BCUT2D eigenvalue weighted by molar-refractivity contribution is -0.0722. The second-order valence-corrected chi connectivity index (χ2v) is 8.79. The molecule has 160 valence electrons. The molecule has 0 bridgehead atoms. The highest BCUT2D eigenvalue weighted by molar-refractivity contribution is 5.88. The van der Waals surface area contributed by atoms with E-state index in [0.29, 0.717) is 25.5 Å². The molecule has 5 rings (SSSR count). The van der Waals surface area contributed by atoms with Gasteiger partial charge in [-0.2, -0.15) is 0 Å². The van der Waals surface area contributed by atoms with Crippen LogP contribution in [0.1, 0.15) is 40.8 Å². The number of aryl methyl sites for hydroxylation is 3. The number of ether oxygens (including phenoxy) is 1. The quantitative estimate of drug-likeness (QED) is 0.650. The average molecular weight is 417 g/mol. The molecule has 6 heteroatoms. The summed E-state index contributed by atoms with van der Waals surface area (Å²) in [6.07, 6.45) is 1.63. The molecule has 0 unspecified atom stereocenters. The molecule has 0 radical (unpaired) electrons. The van der Waals surface area contributed by atoms with Gasteiger partial charge in [-0.15, -0.1) is 5.10 Å². The van der Waals surface area contributed by atoms with E-state index in [1.165, 1.54) is 22.3 Å². The van der Waals surface area contributed by atoms with Crippen molar-refractivity contribution in [1.29, 1.82) is 0 Å². The minimum atomic E-state index is -0.241. The number of nitrogens with zero attached hydrogens (tertiary/aromatic N) is 3. The lowest BCUT2D eigenvalue weighted by Crippen LogP contribution is -2.46. The van der Waals surface area contributed by atoms with Crippen LogP contribution in [0, 0.1) is 20.8 Å². The number of hydrogen-bond donors (Lipinski definition) is 1. The van der Waals surface area contributed by atoms with Crippen molar-refractivity contribution >= 4 is 11.8 Å². The number of urea groups is 1. The predicted molar refractivity (Wildman–Crippen MR) is 121 cm³/mol. The Morgan fingerprint density at radius 1 is 1.03 bits per heavy atom. The van der Waals surface area contributed by atoms with Crippen LogP contribution in [-0.4, -0.2) is 33.8 Å². The third-order valence-corrected chi connectivity index (χ3v) is 6.44. The number of hydrogen-bond acceptors (Lipinski definition) is 3. The van der Waals surface area contributed by atoms with Crippen molar-refractivity contribution < 1.29 is 9.53 Å². The molecule has 6 nitrogen and oxygen atoms in total. The first-order valence-corrected chi connectivity index (χ1v) is 10.9. The SMILES string of the molecule is Cc1cc(C)cc(-n2nc(NC(=O)N3CCC4(CC3)OCc3ccccc34)cc2C)c1. The molecule has 2 aliphatic heterocycles. The molecular weight excluding hydrogens is 388 g/mol. The molecule has 1 aromatic heterocycles. The van der Waals surface area contributed by atoms with E-state index in [9.17, 15) is 4.79 Å². The van der Waals surface area contributed by atoms with Crippen LogP contribution in [-0.2, 0) is 16.9 Å². The van der Waals surface area contributed by atoms with Crippen LogP contribution in [0.4, 0.5) is 10.6 Å². The Morgan fingerprint density at radius 3 is 2.48 bits per heavy atom. The molecule has 2 aliphatic rings. The first kappa shape index (κ1) is 19.8. The standard InChI is InChI=1S/C25H28N4O2/c1-17-12-18(2)14-21(13-17)29-19(3)15-23(27-29)26-24(30)28-10-8-25(9-11-28)22-7-5-4-6-20(22)16-31-25/h4-7,12-15H,8-11,16H2,1-3H3,(H,26,27,30). The lowest BCUT2D eigenvalue weighted by atomic mass is 9.84. The van der Waals surface area contributed by atoms with Gasteiger partial charge in [0.05, 0.1) is 17.9 Å². The van der Waals surface area contributed by atoms with E-state index in [1.54, 1.807) is 0 Å². The summed E-state index contributed by atoms with van der Waals surface area (Å²) in [6.45, 7) is 8.15. The number of carbonyl (C=O) groups is 1. The number of benzene rings is 2. The van der Waals surface area contributed by atoms with Crippen molar-refractivity contribution in [3.05, 3.63) is 76.5 Å². The van der Waals surface area contributed by atoms with Crippen molar-refractivity contribution in [2.45, 2.75) is 45.8 Å². The van der Waals surface area contributed by atoms with E-state index >= 15 is 0 Å². The van der Waals surface area contributed by atoms with Gasteiger partial charge in [0, 0.05) is 24.8 Å². The average Bonchev–Trinajstić information content (AvgIpc) is 3.29. The number of fused-ring (bicyclic) bond motifs is 2. The third kappa shape index (κ3) is 3.61. The maximum absolute atomic E-state index is 12.9. The molecule has 0 aliphatic carbocycles. The summed E-state index contributed by atoms with van der Waals surface area (Å²) >= 11 is 0. The zero-order chi connectivity index (χ0) is 21.6. The highest BCUT2D eigenvalue weighted by Gasteiger charge is 2.43. The summed E-state index contributed by atoms with van der Waals surface area (Å²) in [5.41, 5.74) is 6.68. The van der Waals surface area contributed by atoms with Gasteiger partial charge in [-0.05, 0) is 68.0 Å². The number of carbonyl (C=O) groups excluding carboxylic acids is 1. The minimum Gasteiger partial charge on any atom is -0.365 e. The Morgan fingerprint density at radius 2 is 1.74 bits per heavy atom. The zero-order valence-corrected chi connectivity index (χ0v) is 18.3. The van der Waals surface area contributed by atoms with Crippen LogP contribution in [0.25, 0.3) is 5.69 Å². The van der Waals surface area contributed by atoms with Gasteiger partial charge in [0.2, 0.25) is 0 Å². The largest absolute Gasteiger partial charge is 0.365 e. The van der Waals surface area contributed by atoms with Crippen molar-refractivity contribution in [2.75, 3.05) is 18.4 Å². The Hall–Kier alpha value is -3.12. The molecular formula is C25H28N4O2. The number of amides is 2. The maximum atomic E-state index is 12.9. The summed E-state index contributed by atoms with van der Waals surface area (Å²) in [4.78, 5) is 14.8. The van der Waals surface area contributed by atoms with Crippen molar-refractivity contribution in [1.82, 2.24) is 14.7 Å². The zero-order valence-electron chi connectivity index (χ0n) is 18.3. The molecule has 2 amide bonds. The van der Waals surface area contributed by atoms with Gasteiger partial charge in [-0.1, -0.05) is 30.3 Å². The van der Waals surface area contributed by atoms with Gasteiger partial charge in [0.25, 0.3) is 0 Å². The second-order valence-electron chi connectivity index (χ2n) is 8.79. The number of aromatic nitrogens is 2. The summed E-state index contributed by atoms with van der Waals surface area (Å²) in [7, 11) is 0. The molecule has 1 N–H and O–H groups in total. The van der Waals surface area contributed by atoms with Gasteiger partial charge in [-0.3, -0.25) is 5.32 Å². The van der Waals surface area contributed by atoms with Crippen LogP contribution in [0.15, 0.2) is 48.5 Å². The summed E-state index contributed by atoms with van der Waals surface area (Å²) in [5, 5.41) is 7.62. The van der Waals surface area contributed by atoms with Gasteiger partial charge in [-0.25, -0.2) is 9.48 Å². The van der Waals surface area contributed by atoms with Crippen LogP contribution >= 0.6 is 0 Å². The first-order valence-electron chi connectivity index (χ1n) is 10.9. The minimum absolute atomic E-state index is 0.105. The summed E-state index contributed by atoms with van der Waals surface area (Å²) in [5.74, 6) is 0.574. The molecule has 1 spiro atoms. The number of nitrogens with one attached hydrogen (secondary N) is 1. The van der Waals surface area contributed by atoms with Crippen LogP contribution < -0.4 is 5.32 Å². The van der Waals surface area contributed by atoms with Crippen LogP contribution in [0.5, 0.6) is 0 Å². The number of anilines is 1. The van der Waals surface area contributed by atoms with Crippen LogP contribution in [0.2, 0.25) is 0 Å². The molecule has 0 atom stereocenters. The smallest absolute Gasteiger partial charge is 0.323 e. The third-order valence-electron chi connectivity index (χ3n) is 6.44. The Bertz CT molecular complexity index is 1120. The van der Waals surface area contributed by atoms with Gasteiger partial charge in [0.15, 0.2) is 5.82 Å². The monoisotopic (exact) mass is 416 g/mol. The van der Waals surface area contributed by atoms with Crippen LogP contribution in [0.3, 0.4) is 0 Å². The molecule has 1 fully saturated rings. The number of piperidine rings is 1. The second kappa shape index (κ2) is 7.54. The normalized spacial score (nSPS) is 17.1. The van der Waals surface area contributed by atoms with E-state index in [4.69, 9.17) is 4.74 Å². The van der Waals surface area contributed by atoms with Gasteiger partial charge >= 0.3 is 6.03 Å². The Kier molecular flexibility index (Phi) is 4.82. The number of rotatable bonds is 2. The predicted octanol–water partition coefficient (Wildman–Crippen LogP) is 4.85. The van der Waals surface area contributed by atoms with Crippen molar-refractivity contribution in [3.63, 3.8) is 0 Å².